The maximum atomic E-state index is 11.8. The molecule has 1 heterocycles. The van der Waals surface area contributed by atoms with Gasteiger partial charge in [0.05, 0.1) is 6.20 Å². The molecule has 2 aromatic rings. The Bertz CT molecular complexity index is 653. The summed E-state index contributed by atoms with van der Waals surface area (Å²) >= 11 is 0. The second-order valence-electron chi connectivity index (χ2n) is 5.06. The number of hydrogen-bond acceptors (Lipinski definition) is 3. The predicted octanol–water partition coefficient (Wildman–Crippen LogP) is 2.33. The van der Waals surface area contributed by atoms with Gasteiger partial charge in [0.15, 0.2) is 5.76 Å². The molecule has 112 valence electrons. The molecule has 0 aliphatic rings. The average Bonchev–Trinajstić information content (AvgIpc) is 2.81. The van der Waals surface area contributed by atoms with E-state index in [0.717, 1.165) is 24.0 Å². The highest BCUT2D eigenvalue weighted by Gasteiger charge is 2.10. The van der Waals surface area contributed by atoms with Crippen molar-refractivity contribution in [3.63, 3.8) is 0 Å². The standard InChI is InChI=1S/C16H20N2O3/c1-3-4-9-17-15(19)11-18-10-14(21-16(18)20)13-7-5-12(2)6-8-13/h5-8,10H,3-4,9,11H2,1-2H3,(H,17,19). The third kappa shape index (κ3) is 4.08. The van der Waals surface area contributed by atoms with E-state index in [2.05, 4.69) is 12.2 Å². The van der Waals surface area contributed by atoms with Crippen LogP contribution in [0.4, 0.5) is 0 Å². The van der Waals surface area contributed by atoms with Crippen molar-refractivity contribution in [2.45, 2.75) is 33.2 Å². The van der Waals surface area contributed by atoms with Gasteiger partial charge in [0.2, 0.25) is 5.91 Å². The first-order valence-corrected chi connectivity index (χ1v) is 7.14. The van der Waals surface area contributed by atoms with Crippen LogP contribution in [-0.4, -0.2) is 17.0 Å². The van der Waals surface area contributed by atoms with Crippen LogP contribution in [0.25, 0.3) is 11.3 Å². The Balaban J connectivity index is 2.07. The molecule has 0 spiro atoms. The van der Waals surface area contributed by atoms with Crippen LogP contribution in [0.3, 0.4) is 0 Å². The van der Waals surface area contributed by atoms with E-state index in [9.17, 15) is 9.59 Å². The molecule has 0 saturated heterocycles. The number of hydrogen-bond donors (Lipinski definition) is 1. The molecule has 0 aliphatic heterocycles. The van der Waals surface area contributed by atoms with Crippen molar-refractivity contribution in [3.8, 4) is 11.3 Å². The fourth-order valence-corrected chi connectivity index (χ4v) is 1.95. The molecule has 1 amide bonds. The van der Waals surface area contributed by atoms with Crippen LogP contribution in [0.15, 0.2) is 39.7 Å². The molecule has 21 heavy (non-hydrogen) atoms. The Morgan fingerprint density at radius 3 is 2.67 bits per heavy atom. The van der Waals surface area contributed by atoms with Gasteiger partial charge in [-0.15, -0.1) is 0 Å². The molecule has 0 aliphatic carbocycles. The summed E-state index contributed by atoms with van der Waals surface area (Å²) < 4.78 is 6.48. The van der Waals surface area contributed by atoms with Crippen LogP contribution in [0.1, 0.15) is 25.3 Å². The fraction of sp³-hybridized carbons (Fsp3) is 0.375. The zero-order valence-corrected chi connectivity index (χ0v) is 12.4. The molecule has 1 N–H and O–H groups in total. The lowest BCUT2D eigenvalue weighted by atomic mass is 10.1. The number of carbonyl (C=O) groups is 1. The minimum absolute atomic E-state index is 0.0160. The number of unbranched alkanes of at least 4 members (excludes halogenated alkanes) is 1. The SMILES string of the molecule is CCCCNC(=O)Cn1cc(-c2ccc(C)cc2)oc1=O. The number of nitrogens with one attached hydrogen (secondary N) is 1. The smallest absolute Gasteiger partial charge is 0.408 e. The monoisotopic (exact) mass is 288 g/mol. The zero-order chi connectivity index (χ0) is 15.2. The highest BCUT2D eigenvalue weighted by Crippen LogP contribution is 2.18. The minimum Gasteiger partial charge on any atom is -0.408 e. The predicted molar refractivity (Wildman–Crippen MR) is 81.1 cm³/mol. The summed E-state index contributed by atoms with van der Waals surface area (Å²) in [5.74, 6) is -0.223. The van der Waals surface area contributed by atoms with E-state index in [-0.39, 0.29) is 12.5 Å². The minimum atomic E-state index is -0.517. The molecule has 2 rings (SSSR count). The summed E-state index contributed by atoms with van der Waals surface area (Å²) in [6.45, 7) is 4.66. The van der Waals surface area contributed by atoms with Gasteiger partial charge < -0.3 is 9.73 Å². The van der Waals surface area contributed by atoms with Gasteiger partial charge in [-0.1, -0.05) is 43.2 Å². The third-order valence-corrected chi connectivity index (χ3v) is 3.21. The summed E-state index contributed by atoms with van der Waals surface area (Å²) in [6, 6.07) is 7.67. The fourth-order valence-electron chi connectivity index (χ4n) is 1.95. The third-order valence-electron chi connectivity index (χ3n) is 3.21. The maximum absolute atomic E-state index is 11.8. The van der Waals surface area contributed by atoms with Crippen LogP contribution < -0.4 is 11.1 Å². The van der Waals surface area contributed by atoms with Gasteiger partial charge in [-0.05, 0) is 13.3 Å². The average molecular weight is 288 g/mol. The molecule has 0 fully saturated rings. The Labute approximate surface area is 123 Å². The van der Waals surface area contributed by atoms with E-state index >= 15 is 0 Å². The lowest BCUT2D eigenvalue weighted by Gasteiger charge is -2.03. The first kappa shape index (κ1) is 15.1. The van der Waals surface area contributed by atoms with Crippen molar-refractivity contribution in [2.24, 2.45) is 0 Å². The normalized spacial score (nSPS) is 10.6. The van der Waals surface area contributed by atoms with E-state index in [4.69, 9.17) is 4.42 Å². The Morgan fingerprint density at radius 1 is 1.29 bits per heavy atom. The van der Waals surface area contributed by atoms with Crippen LogP contribution >= 0.6 is 0 Å². The second kappa shape index (κ2) is 6.92. The van der Waals surface area contributed by atoms with Gasteiger partial charge in [0.25, 0.3) is 0 Å². The maximum Gasteiger partial charge on any atom is 0.419 e. The van der Waals surface area contributed by atoms with Gasteiger partial charge in [0, 0.05) is 12.1 Å². The first-order valence-electron chi connectivity index (χ1n) is 7.14. The Kier molecular flexibility index (Phi) is 4.98. The van der Waals surface area contributed by atoms with Crippen LogP contribution in [0.5, 0.6) is 0 Å². The number of benzene rings is 1. The molecule has 0 saturated carbocycles. The number of aryl methyl sites for hydroxylation is 1. The number of aromatic nitrogens is 1. The number of amides is 1. The molecule has 1 aromatic heterocycles. The second-order valence-corrected chi connectivity index (χ2v) is 5.06. The van der Waals surface area contributed by atoms with Gasteiger partial charge in [0.1, 0.15) is 6.54 Å². The van der Waals surface area contributed by atoms with Crippen molar-refractivity contribution in [1.29, 1.82) is 0 Å². The molecular weight excluding hydrogens is 268 g/mol. The van der Waals surface area contributed by atoms with Gasteiger partial charge >= 0.3 is 5.76 Å². The number of rotatable bonds is 6. The summed E-state index contributed by atoms with van der Waals surface area (Å²) in [5.41, 5.74) is 1.96. The molecule has 0 radical (unpaired) electrons. The van der Waals surface area contributed by atoms with Gasteiger partial charge in [-0.3, -0.25) is 9.36 Å². The van der Waals surface area contributed by atoms with Gasteiger partial charge in [-0.25, -0.2) is 4.79 Å². The summed E-state index contributed by atoms with van der Waals surface area (Å²) in [5, 5.41) is 2.78. The quantitative estimate of drug-likeness (QED) is 0.830. The van der Waals surface area contributed by atoms with Crippen molar-refractivity contribution in [2.75, 3.05) is 6.54 Å². The molecule has 5 nitrogen and oxygen atoms in total. The molecule has 0 unspecified atom stereocenters. The van der Waals surface area contributed by atoms with Crippen LogP contribution in [0.2, 0.25) is 0 Å². The van der Waals surface area contributed by atoms with E-state index in [1.165, 1.54) is 4.57 Å². The van der Waals surface area contributed by atoms with E-state index in [1.54, 1.807) is 6.20 Å². The first-order chi connectivity index (χ1) is 10.1. The molecule has 0 atom stereocenters. The largest absolute Gasteiger partial charge is 0.419 e. The van der Waals surface area contributed by atoms with Crippen molar-refractivity contribution < 1.29 is 9.21 Å². The summed E-state index contributed by atoms with van der Waals surface area (Å²) in [7, 11) is 0. The Morgan fingerprint density at radius 2 is 2.00 bits per heavy atom. The number of carbonyl (C=O) groups excluding carboxylic acids is 1. The van der Waals surface area contributed by atoms with Crippen molar-refractivity contribution in [3.05, 3.63) is 46.6 Å². The lowest BCUT2D eigenvalue weighted by Crippen LogP contribution is -2.31. The molecule has 5 heteroatoms. The van der Waals surface area contributed by atoms with E-state index in [1.807, 2.05) is 31.2 Å². The van der Waals surface area contributed by atoms with E-state index < -0.39 is 5.76 Å². The van der Waals surface area contributed by atoms with Crippen LogP contribution in [0, 0.1) is 6.92 Å². The summed E-state index contributed by atoms with van der Waals surface area (Å²) in [6.07, 6.45) is 3.52. The molecular formula is C16H20N2O3. The summed E-state index contributed by atoms with van der Waals surface area (Å²) in [4.78, 5) is 23.5. The van der Waals surface area contributed by atoms with E-state index in [0.29, 0.717) is 12.3 Å². The zero-order valence-electron chi connectivity index (χ0n) is 12.4. The molecule has 1 aromatic carbocycles. The van der Waals surface area contributed by atoms with Crippen molar-refractivity contribution >= 4 is 5.91 Å². The Hall–Kier alpha value is -2.30. The number of nitrogens with zero attached hydrogens (tertiary/aromatic N) is 1. The topological polar surface area (TPSA) is 64.2 Å². The highest BCUT2D eigenvalue weighted by atomic mass is 16.4. The van der Waals surface area contributed by atoms with Crippen LogP contribution in [-0.2, 0) is 11.3 Å². The molecule has 0 bridgehead atoms. The number of oxazole rings is 1. The van der Waals surface area contributed by atoms with Crippen molar-refractivity contribution in [1.82, 2.24) is 9.88 Å². The highest BCUT2D eigenvalue weighted by molar-refractivity contribution is 5.75. The lowest BCUT2D eigenvalue weighted by molar-refractivity contribution is -0.121. The van der Waals surface area contributed by atoms with Gasteiger partial charge in [-0.2, -0.15) is 0 Å².